The monoisotopic (exact) mass is 360 g/mol. The first-order valence-electron chi connectivity index (χ1n) is 7.20. The molecular formula is C17H12F6NO+. The Morgan fingerprint density at radius 2 is 1.68 bits per heavy atom. The van der Waals surface area contributed by atoms with Crippen LogP contribution >= 0.6 is 0 Å². The first-order valence-corrected chi connectivity index (χ1v) is 7.20. The van der Waals surface area contributed by atoms with Crippen molar-refractivity contribution in [3.63, 3.8) is 0 Å². The molecule has 0 N–H and O–H groups in total. The van der Waals surface area contributed by atoms with Crippen LogP contribution in [0.3, 0.4) is 0 Å². The van der Waals surface area contributed by atoms with Crippen LogP contribution in [0.1, 0.15) is 22.3 Å². The molecule has 0 saturated carbocycles. The number of ether oxygens (including phenoxy) is 1. The normalized spacial score (nSPS) is 14.6. The van der Waals surface area contributed by atoms with Crippen molar-refractivity contribution in [2.45, 2.75) is 19.3 Å². The molecule has 8 heteroatoms. The van der Waals surface area contributed by atoms with Gasteiger partial charge in [-0.3, -0.25) is 0 Å². The predicted molar refractivity (Wildman–Crippen MR) is 78.2 cm³/mol. The second-order valence-electron chi connectivity index (χ2n) is 5.59. The summed E-state index contributed by atoms with van der Waals surface area (Å²) in [6.45, 7) is 1.56. The SMILES string of the molecule is Cc1cccc2c1OC[N+](c1ccc(C(F)(F)F)cc1C(F)(F)F)=C2. The van der Waals surface area contributed by atoms with E-state index in [9.17, 15) is 26.3 Å². The summed E-state index contributed by atoms with van der Waals surface area (Å²) < 4.78 is 84.8. The minimum atomic E-state index is -4.93. The van der Waals surface area contributed by atoms with Crippen LogP contribution in [0.15, 0.2) is 36.4 Å². The molecule has 0 bridgehead atoms. The maximum Gasteiger partial charge on any atom is 0.422 e. The van der Waals surface area contributed by atoms with Crippen molar-refractivity contribution in [1.29, 1.82) is 0 Å². The topological polar surface area (TPSA) is 12.2 Å². The molecular weight excluding hydrogens is 348 g/mol. The fourth-order valence-corrected chi connectivity index (χ4v) is 2.64. The summed E-state index contributed by atoms with van der Waals surface area (Å²) in [5.74, 6) is 0.541. The zero-order chi connectivity index (χ0) is 18.4. The van der Waals surface area contributed by atoms with Crippen molar-refractivity contribution < 1.29 is 35.7 Å². The van der Waals surface area contributed by atoms with Gasteiger partial charge in [-0.1, -0.05) is 12.1 Å². The number of halogens is 6. The molecule has 0 atom stereocenters. The Morgan fingerprint density at radius 3 is 2.32 bits per heavy atom. The maximum atomic E-state index is 13.3. The molecule has 2 aromatic rings. The third kappa shape index (κ3) is 3.33. The van der Waals surface area contributed by atoms with Crippen LogP contribution in [0.25, 0.3) is 0 Å². The van der Waals surface area contributed by atoms with Crippen LogP contribution in [-0.2, 0) is 12.4 Å². The summed E-state index contributed by atoms with van der Waals surface area (Å²) >= 11 is 0. The molecule has 0 aliphatic carbocycles. The Labute approximate surface area is 139 Å². The number of alkyl halides is 6. The zero-order valence-electron chi connectivity index (χ0n) is 12.9. The molecule has 0 radical (unpaired) electrons. The molecule has 0 spiro atoms. The number of rotatable bonds is 1. The largest absolute Gasteiger partial charge is 0.435 e. The van der Waals surface area contributed by atoms with E-state index in [0.717, 1.165) is 16.2 Å². The molecule has 2 aromatic carbocycles. The molecule has 0 saturated heterocycles. The Balaban J connectivity index is 2.15. The van der Waals surface area contributed by atoms with Gasteiger partial charge < -0.3 is 4.74 Å². The molecule has 0 amide bonds. The number of para-hydroxylation sites is 1. The average molecular weight is 360 g/mol. The number of benzene rings is 2. The van der Waals surface area contributed by atoms with Gasteiger partial charge in [0.1, 0.15) is 11.3 Å². The lowest BCUT2D eigenvalue weighted by atomic mass is 10.1. The number of hydrogen-bond donors (Lipinski definition) is 0. The lowest BCUT2D eigenvalue weighted by molar-refractivity contribution is -0.478. The molecule has 1 aliphatic heterocycles. The van der Waals surface area contributed by atoms with Crippen molar-refractivity contribution in [2.24, 2.45) is 0 Å². The van der Waals surface area contributed by atoms with Gasteiger partial charge in [0.05, 0.1) is 11.1 Å². The van der Waals surface area contributed by atoms with E-state index in [-0.39, 0.29) is 12.8 Å². The molecule has 1 aliphatic rings. The van der Waals surface area contributed by atoms with E-state index in [1.165, 1.54) is 6.21 Å². The van der Waals surface area contributed by atoms with Crippen molar-refractivity contribution >= 4 is 11.9 Å². The highest BCUT2D eigenvalue weighted by Gasteiger charge is 2.41. The summed E-state index contributed by atoms with van der Waals surface area (Å²) in [4.78, 5) is 0. The van der Waals surface area contributed by atoms with Gasteiger partial charge in [0, 0.05) is 6.07 Å². The Bertz CT molecular complexity index is 851. The van der Waals surface area contributed by atoms with E-state index in [1.807, 2.05) is 0 Å². The second kappa shape index (κ2) is 5.79. The smallest absolute Gasteiger partial charge is 0.422 e. The molecule has 132 valence electrons. The van der Waals surface area contributed by atoms with Gasteiger partial charge in [-0.25, -0.2) is 0 Å². The molecule has 3 rings (SSSR count). The van der Waals surface area contributed by atoms with Gasteiger partial charge >= 0.3 is 12.4 Å². The van der Waals surface area contributed by atoms with Gasteiger partial charge in [0.15, 0.2) is 6.21 Å². The van der Waals surface area contributed by atoms with Crippen LogP contribution in [0, 0.1) is 6.92 Å². The molecule has 1 heterocycles. The van der Waals surface area contributed by atoms with E-state index in [0.29, 0.717) is 17.4 Å². The van der Waals surface area contributed by atoms with Crippen LogP contribution < -0.4 is 4.74 Å². The predicted octanol–water partition coefficient (Wildman–Crippen LogP) is 5.15. The van der Waals surface area contributed by atoms with E-state index in [4.69, 9.17) is 4.74 Å². The summed E-state index contributed by atoms with van der Waals surface area (Å²) in [7, 11) is 0. The maximum absolute atomic E-state index is 13.3. The van der Waals surface area contributed by atoms with Gasteiger partial charge in [-0.15, -0.1) is 0 Å². The highest BCUT2D eigenvalue weighted by atomic mass is 19.4. The van der Waals surface area contributed by atoms with Crippen LogP contribution in [-0.4, -0.2) is 17.5 Å². The molecule has 0 fully saturated rings. The minimum Gasteiger partial charge on any atom is -0.435 e. The number of aryl methyl sites for hydroxylation is 1. The fraction of sp³-hybridized carbons (Fsp3) is 0.235. The van der Waals surface area contributed by atoms with Gasteiger partial charge in [-0.2, -0.15) is 30.9 Å². The van der Waals surface area contributed by atoms with Gasteiger partial charge in [0.2, 0.25) is 5.69 Å². The number of fused-ring (bicyclic) bond motifs is 1. The van der Waals surface area contributed by atoms with E-state index < -0.39 is 29.2 Å². The van der Waals surface area contributed by atoms with Crippen molar-refractivity contribution in [2.75, 3.05) is 6.73 Å². The first-order chi connectivity index (χ1) is 11.6. The van der Waals surface area contributed by atoms with Crippen molar-refractivity contribution in [3.05, 3.63) is 58.7 Å². The Morgan fingerprint density at radius 1 is 0.960 bits per heavy atom. The quantitative estimate of drug-likeness (QED) is 0.506. The Hall–Kier alpha value is -2.51. The van der Waals surface area contributed by atoms with Crippen molar-refractivity contribution in [3.8, 4) is 5.75 Å². The van der Waals surface area contributed by atoms with Crippen LogP contribution in [0.5, 0.6) is 5.75 Å². The average Bonchev–Trinajstić information content (AvgIpc) is 2.52. The first kappa shape index (κ1) is 17.3. The molecule has 25 heavy (non-hydrogen) atoms. The summed E-state index contributed by atoms with van der Waals surface area (Å²) in [6.07, 6.45) is -8.36. The molecule has 0 unspecified atom stereocenters. The minimum absolute atomic E-state index is 0.120. The standard InChI is InChI=1S/C17H12F6NO/c1-10-3-2-4-11-8-24(9-25-15(10)11)14-6-5-12(16(18,19)20)7-13(14)17(21,22)23/h2-8H,9H2,1H3/q+1. The van der Waals surface area contributed by atoms with Gasteiger partial charge in [0.25, 0.3) is 6.73 Å². The fourth-order valence-electron chi connectivity index (χ4n) is 2.64. The lowest BCUT2D eigenvalue weighted by Crippen LogP contribution is -2.24. The third-order valence-corrected chi connectivity index (χ3v) is 3.82. The third-order valence-electron chi connectivity index (χ3n) is 3.82. The van der Waals surface area contributed by atoms with E-state index in [2.05, 4.69) is 0 Å². The van der Waals surface area contributed by atoms with Gasteiger partial charge in [-0.05, 0) is 30.7 Å². The molecule has 2 nitrogen and oxygen atoms in total. The van der Waals surface area contributed by atoms with Crippen LogP contribution in [0.2, 0.25) is 0 Å². The lowest BCUT2D eigenvalue weighted by Gasteiger charge is -2.18. The highest BCUT2D eigenvalue weighted by Crippen LogP contribution is 2.41. The number of nitrogens with zero attached hydrogens (tertiary/aromatic N) is 1. The Kier molecular flexibility index (Phi) is 4.01. The second-order valence-corrected chi connectivity index (χ2v) is 5.59. The summed E-state index contributed by atoms with van der Waals surface area (Å²) in [5.41, 5.74) is -1.74. The van der Waals surface area contributed by atoms with E-state index in [1.54, 1.807) is 25.1 Å². The summed E-state index contributed by atoms with van der Waals surface area (Å²) in [5, 5.41) is 0. The van der Waals surface area contributed by atoms with Crippen molar-refractivity contribution in [1.82, 2.24) is 0 Å². The zero-order valence-corrected chi connectivity index (χ0v) is 12.9. The van der Waals surface area contributed by atoms with Crippen LogP contribution in [0.4, 0.5) is 32.0 Å². The number of hydrogen-bond acceptors (Lipinski definition) is 1. The van der Waals surface area contributed by atoms with E-state index >= 15 is 0 Å². The summed E-state index contributed by atoms with van der Waals surface area (Å²) in [6, 6.07) is 6.73. The molecule has 0 aromatic heterocycles. The highest BCUT2D eigenvalue weighted by molar-refractivity contribution is 5.82.